The van der Waals surface area contributed by atoms with Gasteiger partial charge in [0.1, 0.15) is 0 Å². The van der Waals surface area contributed by atoms with Crippen molar-refractivity contribution in [2.24, 2.45) is 5.92 Å². The maximum absolute atomic E-state index is 5.58. The Labute approximate surface area is 111 Å². The van der Waals surface area contributed by atoms with Crippen molar-refractivity contribution >= 4 is 22.6 Å². The summed E-state index contributed by atoms with van der Waals surface area (Å²) in [5.74, 6) is 0.606. The monoisotopic (exact) mass is 331 g/mol. The molecule has 88 valence electrons. The Bertz CT molecular complexity index is 336. The molecule has 0 radical (unpaired) electrons. The van der Waals surface area contributed by atoms with Crippen molar-refractivity contribution in [3.63, 3.8) is 0 Å². The molecule has 2 rings (SSSR count). The first-order valence-corrected chi connectivity index (χ1v) is 6.90. The minimum Gasteiger partial charge on any atom is -0.381 e. The van der Waals surface area contributed by atoms with Crippen LogP contribution in [0.2, 0.25) is 0 Å². The predicted octanol–water partition coefficient (Wildman–Crippen LogP) is 2.98. The molecule has 3 heteroatoms. The molecule has 1 heterocycles. The summed E-state index contributed by atoms with van der Waals surface area (Å²) < 4.78 is 6.92. The summed E-state index contributed by atoms with van der Waals surface area (Å²) in [6.07, 6.45) is 2.45. The van der Waals surface area contributed by atoms with Crippen molar-refractivity contribution in [1.82, 2.24) is 5.32 Å². The predicted molar refractivity (Wildman–Crippen MR) is 74.5 cm³/mol. The second-order valence-corrected chi connectivity index (χ2v) is 5.43. The van der Waals surface area contributed by atoms with Crippen LogP contribution in [0.25, 0.3) is 0 Å². The number of hydrogen-bond acceptors (Lipinski definition) is 2. The molecule has 0 amide bonds. The van der Waals surface area contributed by atoms with E-state index in [4.69, 9.17) is 4.74 Å². The van der Waals surface area contributed by atoms with Crippen molar-refractivity contribution in [3.05, 3.63) is 33.4 Å². The van der Waals surface area contributed by atoms with Gasteiger partial charge in [0.15, 0.2) is 0 Å². The van der Waals surface area contributed by atoms with E-state index in [0.29, 0.717) is 12.0 Å². The molecule has 1 N–H and O–H groups in total. The van der Waals surface area contributed by atoms with Crippen molar-refractivity contribution in [3.8, 4) is 0 Å². The van der Waals surface area contributed by atoms with Crippen molar-refractivity contribution in [2.45, 2.75) is 18.9 Å². The molecular formula is C13H18INO. The quantitative estimate of drug-likeness (QED) is 0.860. The Morgan fingerprint density at radius 1 is 1.44 bits per heavy atom. The molecule has 1 aliphatic heterocycles. The maximum atomic E-state index is 5.58. The van der Waals surface area contributed by atoms with Gasteiger partial charge < -0.3 is 10.1 Å². The Balaban J connectivity index is 2.18. The van der Waals surface area contributed by atoms with Gasteiger partial charge in [-0.05, 0) is 54.1 Å². The summed E-state index contributed by atoms with van der Waals surface area (Å²) in [5.41, 5.74) is 1.40. The second kappa shape index (κ2) is 5.98. The summed E-state index contributed by atoms with van der Waals surface area (Å²) in [6, 6.07) is 9.02. The molecule has 0 aliphatic carbocycles. The molecule has 2 nitrogen and oxygen atoms in total. The minimum atomic E-state index is 0.424. The van der Waals surface area contributed by atoms with Crippen LogP contribution in [0.15, 0.2) is 24.3 Å². The third kappa shape index (κ3) is 2.76. The van der Waals surface area contributed by atoms with Gasteiger partial charge >= 0.3 is 0 Å². The van der Waals surface area contributed by atoms with E-state index < -0.39 is 0 Å². The standard InChI is InChI=1S/C13H18INO/c1-15-13(10-5-4-8-16-9-10)11-6-2-3-7-12(11)14/h2-3,6-7,10,13,15H,4-5,8-9H2,1H3. The molecule has 1 aliphatic rings. The van der Waals surface area contributed by atoms with Gasteiger partial charge in [-0.25, -0.2) is 0 Å². The topological polar surface area (TPSA) is 21.3 Å². The van der Waals surface area contributed by atoms with Crippen LogP contribution in [0.3, 0.4) is 0 Å². The molecular weight excluding hydrogens is 313 g/mol. The third-order valence-corrected chi connectivity index (χ3v) is 4.20. The van der Waals surface area contributed by atoms with Crippen molar-refractivity contribution < 1.29 is 4.74 Å². The highest BCUT2D eigenvalue weighted by molar-refractivity contribution is 14.1. The van der Waals surface area contributed by atoms with Crippen molar-refractivity contribution in [2.75, 3.05) is 20.3 Å². The van der Waals surface area contributed by atoms with Gasteiger partial charge in [-0.1, -0.05) is 18.2 Å². The fourth-order valence-corrected chi connectivity index (χ4v) is 3.12. The van der Waals surface area contributed by atoms with Gasteiger partial charge in [-0.3, -0.25) is 0 Å². The van der Waals surface area contributed by atoms with Gasteiger partial charge in [0.25, 0.3) is 0 Å². The molecule has 1 fully saturated rings. The third-order valence-electron chi connectivity index (χ3n) is 3.22. The van der Waals surface area contributed by atoms with E-state index in [0.717, 1.165) is 13.2 Å². The zero-order valence-electron chi connectivity index (χ0n) is 9.58. The number of rotatable bonds is 3. The molecule has 0 bridgehead atoms. The van der Waals surface area contributed by atoms with E-state index in [2.05, 4.69) is 52.2 Å². The first-order chi connectivity index (χ1) is 7.83. The van der Waals surface area contributed by atoms with Gasteiger partial charge in [-0.15, -0.1) is 0 Å². The van der Waals surface area contributed by atoms with Crippen LogP contribution in [0, 0.1) is 9.49 Å². The molecule has 0 aromatic heterocycles. The molecule has 2 unspecified atom stereocenters. The van der Waals surface area contributed by atoms with Crippen molar-refractivity contribution in [1.29, 1.82) is 0 Å². The van der Waals surface area contributed by atoms with Crippen LogP contribution >= 0.6 is 22.6 Å². The smallest absolute Gasteiger partial charge is 0.0512 e. The van der Waals surface area contributed by atoms with E-state index >= 15 is 0 Å². The van der Waals surface area contributed by atoms with E-state index in [1.54, 1.807) is 0 Å². The lowest BCUT2D eigenvalue weighted by molar-refractivity contribution is 0.0401. The SMILES string of the molecule is CNC(c1ccccc1I)C1CCCOC1. The van der Waals surface area contributed by atoms with Crippen LogP contribution in [0.5, 0.6) is 0 Å². The summed E-state index contributed by atoms with van der Waals surface area (Å²) in [4.78, 5) is 0. The highest BCUT2D eigenvalue weighted by Gasteiger charge is 2.25. The van der Waals surface area contributed by atoms with Crippen LogP contribution in [-0.2, 0) is 4.74 Å². The molecule has 16 heavy (non-hydrogen) atoms. The highest BCUT2D eigenvalue weighted by Crippen LogP contribution is 2.30. The van der Waals surface area contributed by atoms with E-state index in [9.17, 15) is 0 Å². The van der Waals surface area contributed by atoms with Crippen LogP contribution in [-0.4, -0.2) is 20.3 Å². The van der Waals surface area contributed by atoms with E-state index in [1.807, 2.05) is 7.05 Å². The van der Waals surface area contributed by atoms with Gasteiger partial charge in [0.05, 0.1) is 6.61 Å². The first kappa shape index (κ1) is 12.3. The Kier molecular flexibility index (Phi) is 4.61. The Hall–Kier alpha value is -0.130. The van der Waals surface area contributed by atoms with Gasteiger partial charge in [0, 0.05) is 22.1 Å². The zero-order valence-corrected chi connectivity index (χ0v) is 11.7. The van der Waals surface area contributed by atoms with Gasteiger partial charge in [0.2, 0.25) is 0 Å². The summed E-state index contributed by atoms with van der Waals surface area (Å²) in [6.45, 7) is 1.81. The molecule has 1 aromatic rings. The fourth-order valence-electron chi connectivity index (χ4n) is 2.40. The number of halogens is 1. The average Bonchev–Trinajstić information content (AvgIpc) is 2.34. The second-order valence-electron chi connectivity index (χ2n) is 4.27. The largest absolute Gasteiger partial charge is 0.381 e. The molecule has 0 saturated carbocycles. The highest BCUT2D eigenvalue weighted by atomic mass is 127. The van der Waals surface area contributed by atoms with Crippen LogP contribution in [0.1, 0.15) is 24.4 Å². The average molecular weight is 331 g/mol. The number of nitrogens with one attached hydrogen (secondary N) is 1. The normalized spacial score (nSPS) is 23.0. The van der Waals surface area contributed by atoms with Crippen LogP contribution < -0.4 is 5.32 Å². The number of hydrogen-bond donors (Lipinski definition) is 1. The lowest BCUT2D eigenvalue weighted by Crippen LogP contribution is -2.31. The zero-order chi connectivity index (χ0) is 11.4. The Morgan fingerprint density at radius 2 is 2.25 bits per heavy atom. The fraction of sp³-hybridized carbons (Fsp3) is 0.538. The summed E-state index contributed by atoms with van der Waals surface area (Å²) in [7, 11) is 2.04. The number of ether oxygens (including phenoxy) is 1. The molecule has 1 aromatic carbocycles. The van der Waals surface area contributed by atoms with Crippen LogP contribution in [0.4, 0.5) is 0 Å². The Morgan fingerprint density at radius 3 is 2.88 bits per heavy atom. The van der Waals surface area contributed by atoms with E-state index in [1.165, 1.54) is 22.0 Å². The lowest BCUT2D eigenvalue weighted by Gasteiger charge is -2.30. The minimum absolute atomic E-state index is 0.424. The summed E-state index contributed by atoms with van der Waals surface area (Å²) in [5, 5.41) is 3.44. The van der Waals surface area contributed by atoms with Gasteiger partial charge in [-0.2, -0.15) is 0 Å². The lowest BCUT2D eigenvalue weighted by atomic mass is 9.89. The van der Waals surface area contributed by atoms with E-state index in [-0.39, 0.29) is 0 Å². The summed E-state index contributed by atoms with van der Waals surface area (Å²) >= 11 is 2.41. The first-order valence-electron chi connectivity index (χ1n) is 5.82. The molecule has 0 spiro atoms. The maximum Gasteiger partial charge on any atom is 0.0512 e. The molecule has 2 atom stereocenters. The molecule has 1 saturated heterocycles. The number of benzene rings is 1.